The molecule has 6 heteroatoms. The van der Waals surface area contributed by atoms with Crippen LogP contribution in [0.2, 0.25) is 0 Å². The van der Waals surface area contributed by atoms with Crippen molar-refractivity contribution in [2.24, 2.45) is 0 Å². The molecular formula is C19H20F3N3. The summed E-state index contributed by atoms with van der Waals surface area (Å²) in [6.07, 6.45) is -0.935. The van der Waals surface area contributed by atoms with Crippen molar-refractivity contribution in [2.75, 3.05) is 14.1 Å². The monoisotopic (exact) mass is 347 g/mol. The van der Waals surface area contributed by atoms with Gasteiger partial charge in [-0.25, -0.2) is 0 Å². The number of nitriles is 1. The van der Waals surface area contributed by atoms with Gasteiger partial charge in [0.05, 0.1) is 11.3 Å². The molecule has 0 spiro atoms. The molecule has 25 heavy (non-hydrogen) atoms. The van der Waals surface area contributed by atoms with Crippen LogP contribution in [-0.2, 0) is 0 Å². The number of hydrogen-bond donors (Lipinski definition) is 2. The van der Waals surface area contributed by atoms with Gasteiger partial charge in [0.15, 0.2) is 0 Å². The van der Waals surface area contributed by atoms with Crippen molar-refractivity contribution in [2.45, 2.75) is 13.1 Å². The lowest BCUT2D eigenvalue weighted by Crippen LogP contribution is -2.15. The summed E-state index contributed by atoms with van der Waals surface area (Å²) in [5, 5.41) is 14.8. The first-order chi connectivity index (χ1) is 11.8. The quantitative estimate of drug-likeness (QED) is 0.592. The van der Waals surface area contributed by atoms with Crippen LogP contribution >= 0.6 is 0 Å². The molecule has 1 aromatic carbocycles. The molecule has 1 aromatic rings. The molecule has 132 valence electrons. The van der Waals surface area contributed by atoms with Crippen molar-refractivity contribution < 1.29 is 13.2 Å². The fourth-order valence-electron chi connectivity index (χ4n) is 2.31. The zero-order valence-corrected chi connectivity index (χ0v) is 14.3. The van der Waals surface area contributed by atoms with Crippen molar-refractivity contribution in [1.29, 1.82) is 5.26 Å². The van der Waals surface area contributed by atoms with Crippen molar-refractivity contribution in [1.82, 2.24) is 10.6 Å². The van der Waals surface area contributed by atoms with Crippen molar-refractivity contribution in [3.63, 3.8) is 0 Å². The maximum absolute atomic E-state index is 13.3. The topological polar surface area (TPSA) is 47.9 Å². The lowest BCUT2D eigenvalue weighted by Gasteiger charge is -2.15. The fraction of sp³-hybridized carbons (Fsp3) is 0.211. The number of benzene rings is 1. The molecule has 0 unspecified atom stereocenters. The van der Waals surface area contributed by atoms with Gasteiger partial charge >= 0.3 is 6.18 Å². The van der Waals surface area contributed by atoms with Crippen molar-refractivity contribution >= 4 is 11.3 Å². The van der Waals surface area contributed by atoms with Gasteiger partial charge in [0.25, 0.3) is 0 Å². The average molecular weight is 347 g/mol. The third-order valence-corrected chi connectivity index (χ3v) is 3.55. The summed E-state index contributed by atoms with van der Waals surface area (Å²) < 4.78 is 40.0. The number of allylic oxidation sites excluding steroid dienone is 6. The Morgan fingerprint density at radius 1 is 1.20 bits per heavy atom. The fourth-order valence-corrected chi connectivity index (χ4v) is 2.31. The minimum atomic E-state index is -4.48. The second kappa shape index (κ2) is 8.78. The number of hydrogen-bond acceptors (Lipinski definition) is 3. The third kappa shape index (κ3) is 5.01. The van der Waals surface area contributed by atoms with E-state index in [9.17, 15) is 18.4 Å². The Labute approximate surface area is 145 Å². The molecule has 2 N–H and O–H groups in total. The molecule has 1 rings (SSSR count). The molecule has 0 amide bonds. The van der Waals surface area contributed by atoms with Crippen LogP contribution in [-0.4, -0.2) is 20.3 Å². The van der Waals surface area contributed by atoms with Crippen LogP contribution in [0.1, 0.15) is 18.1 Å². The summed E-state index contributed by atoms with van der Waals surface area (Å²) >= 11 is 0. The van der Waals surface area contributed by atoms with Crippen LogP contribution in [0.5, 0.6) is 0 Å². The van der Waals surface area contributed by atoms with Gasteiger partial charge < -0.3 is 10.6 Å². The van der Waals surface area contributed by atoms with E-state index in [2.05, 4.69) is 17.2 Å². The molecule has 0 radical (unpaired) electrons. The van der Waals surface area contributed by atoms with E-state index in [1.54, 1.807) is 38.4 Å². The highest BCUT2D eigenvalue weighted by Gasteiger charge is 2.33. The summed E-state index contributed by atoms with van der Waals surface area (Å²) in [6.45, 7) is 4.82. The first-order valence-electron chi connectivity index (χ1n) is 7.48. The Morgan fingerprint density at radius 3 is 2.32 bits per heavy atom. The number of halogens is 3. The van der Waals surface area contributed by atoms with Crippen molar-refractivity contribution in [3.05, 3.63) is 71.5 Å². The molecule has 0 aliphatic carbocycles. The van der Waals surface area contributed by atoms with Gasteiger partial charge in [-0.05, 0) is 30.2 Å². The van der Waals surface area contributed by atoms with E-state index in [0.717, 1.165) is 6.08 Å². The van der Waals surface area contributed by atoms with Gasteiger partial charge in [-0.1, -0.05) is 36.9 Å². The van der Waals surface area contributed by atoms with Crippen LogP contribution in [0.3, 0.4) is 0 Å². The third-order valence-electron chi connectivity index (χ3n) is 3.55. The van der Waals surface area contributed by atoms with Crippen LogP contribution in [0, 0.1) is 11.3 Å². The predicted octanol–water partition coefficient (Wildman–Crippen LogP) is 4.40. The highest BCUT2D eigenvalue weighted by atomic mass is 19.4. The Bertz CT molecular complexity index is 763. The number of rotatable bonds is 6. The Hall–Kier alpha value is -2.94. The summed E-state index contributed by atoms with van der Waals surface area (Å²) in [6, 6.07) is 8.61. The molecule has 0 saturated carbocycles. The van der Waals surface area contributed by atoms with E-state index in [1.807, 2.05) is 6.07 Å². The summed E-state index contributed by atoms with van der Waals surface area (Å²) in [4.78, 5) is 0. The average Bonchev–Trinajstić information content (AvgIpc) is 2.58. The highest BCUT2D eigenvalue weighted by Crippen LogP contribution is 2.34. The number of nitrogens with one attached hydrogen (secondary N) is 2. The maximum atomic E-state index is 13.3. The zero-order valence-electron chi connectivity index (χ0n) is 14.3. The summed E-state index contributed by atoms with van der Waals surface area (Å²) in [5.74, 6) is 0. The van der Waals surface area contributed by atoms with Crippen LogP contribution in [0.4, 0.5) is 13.2 Å². The van der Waals surface area contributed by atoms with Crippen LogP contribution < -0.4 is 10.6 Å². The Balaban J connectivity index is 3.57. The smallest absolute Gasteiger partial charge is 0.385 e. The van der Waals surface area contributed by atoms with E-state index in [0.29, 0.717) is 22.5 Å². The standard InChI is InChI=1S/C19H20F3N3/c1-5-6-10-16(19(20,21)22)13(2)14-8-7-9-15(11-14)18(25-4)17(12-23)24-3/h5-11,24-25H,1H2,2-4H3/b10-6-,16-13-,18-17-. The molecule has 0 bridgehead atoms. The maximum Gasteiger partial charge on any atom is 0.416 e. The number of alkyl halides is 3. The van der Waals surface area contributed by atoms with Crippen LogP contribution in [0.25, 0.3) is 11.3 Å². The molecule has 0 saturated heterocycles. The first kappa shape index (κ1) is 20.1. The number of nitrogens with zero attached hydrogens (tertiary/aromatic N) is 1. The van der Waals surface area contributed by atoms with Gasteiger partial charge in [-0.3, -0.25) is 0 Å². The highest BCUT2D eigenvalue weighted by molar-refractivity contribution is 5.76. The van der Waals surface area contributed by atoms with E-state index < -0.39 is 11.7 Å². The summed E-state index contributed by atoms with van der Waals surface area (Å²) in [5.41, 5.74) is 1.18. The van der Waals surface area contributed by atoms with Gasteiger partial charge in [-0.15, -0.1) is 0 Å². The predicted molar refractivity (Wildman–Crippen MR) is 95.1 cm³/mol. The Morgan fingerprint density at radius 2 is 1.84 bits per heavy atom. The lowest BCUT2D eigenvalue weighted by molar-refractivity contribution is -0.0876. The van der Waals surface area contributed by atoms with Gasteiger partial charge in [0.2, 0.25) is 0 Å². The lowest BCUT2D eigenvalue weighted by atomic mass is 9.97. The molecule has 0 aromatic heterocycles. The second-order valence-electron chi connectivity index (χ2n) is 5.07. The molecule has 0 heterocycles. The normalized spacial score (nSPS) is 13.6. The van der Waals surface area contributed by atoms with Crippen LogP contribution in [0.15, 0.2) is 60.3 Å². The van der Waals surface area contributed by atoms with Gasteiger partial charge in [0, 0.05) is 19.7 Å². The van der Waals surface area contributed by atoms with Gasteiger partial charge in [0.1, 0.15) is 11.8 Å². The summed E-state index contributed by atoms with van der Waals surface area (Å²) in [7, 11) is 3.25. The van der Waals surface area contributed by atoms with E-state index in [1.165, 1.54) is 19.1 Å². The minimum absolute atomic E-state index is 0.0888. The van der Waals surface area contributed by atoms with E-state index in [-0.39, 0.29) is 5.57 Å². The van der Waals surface area contributed by atoms with E-state index >= 15 is 0 Å². The molecular weight excluding hydrogens is 327 g/mol. The molecule has 0 aliphatic heterocycles. The zero-order chi connectivity index (χ0) is 19.0. The van der Waals surface area contributed by atoms with Gasteiger partial charge in [-0.2, -0.15) is 18.4 Å². The largest absolute Gasteiger partial charge is 0.416 e. The molecule has 0 atom stereocenters. The SMILES string of the molecule is C=C/C=C\C(=C(/C)c1cccc(/C(NC)=C(\C#N)NC)c1)C(F)(F)F. The molecule has 0 aliphatic rings. The van der Waals surface area contributed by atoms with Crippen molar-refractivity contribution in [3.8, 4) is 6.07 Å². The first-order valence-corrected chi connectivity index (χ1v) is 7.48. The Kier molecular flexibility index (Phi) is 7.06. The molecule has 3 nitrogen and oxygen atoms in total. The van der Waals surface area contributed by atoms with E-state index in [4.69, 9.17) is 0 Å². The minimum Gasteiger partial charge on any atom is -0.385 e. The molecule has 0 fully saturated rings. The second-order valence-corrected chi connectivity index (χ2v) is 5.07.